The molecule has 0 aliphatic heterocycles. The third kappa shape index (κ3) is 3.85. The summed E-state index contributed by atoms with van der Waals surface area (Å²) in [5.41, 5.74) is 3.78. The summed E-state index contributed by atoms with van der Waals surface area (Å²) in [7, 11) is -3.51. The molecule has 0 aliphatic rings. The molecule has 0 spiro atoms. The first-order valence-electron chi connectivity index (χ1n) is 7.08. The van der Waals surface area contributed by atoms with Crippen LogP contribution in [0.15, 0.2) is 64.3 Å². The van der Waals surface area contributed by atoms with E-state index in [9.17, 15) is 8.42 Å². The predicted molar refractivity (Wildman–Crippen MR) is 92.8 cm³/mol. The topological polar surface area (TPSA) is 59.1 Å². The first-order valence-corrected chi connectivity index (χ1v) is 9.51. The molecule has 118 valence electrons. The van der Waals surface area contributed by atoms with Gasteiger partial charge in [-0.15, -0.1) is 0 Å². The van der Waals surface area contributed by atoms with Crippen molar-refractivity contribution in [1.82, 2.24) is 9.71 Å². The summed E-state index contributed by atoms with van der Waals surface area (Å²) in [5, 5.41) is 4.01. The Labute approximate surface area is 139 Å². The van der Waals surface area contributed by atoms with Gasteiger partial charge in [-0.3, -0.25) is 4.98 Å². The molecule has 6 heteroatoms. The van der Waals surface area contributed by atoms with Gasteiger partial charge in [0.05, 0.1) is 10.6 Å². The van der Waals surface area contributed by atoms with Crippen LogP contribution >= 0.6 is 11.3 Å². The summed E-state index contributed by atoms with van der Waals surface area (Å²) >= 11 is 1.60. The second-order valence-corrected chi connectivity index (χ2v) is 7.75. The average Bonchev–Trinajstić information content (AvgIpc) is 3.08. The van der Waals surface area contributed by atoms with Gasteiger partial charge in [-0.1, -0.05) is 17.7 Å². The fraction of sp³-hybridized carbons (Fsp3) is 0.118. The molecule has 0 saturated heterocycles. The lowest BCUT2D eigenvalue weighted by molar-refractivity contribution is 0.581. The molecule has 0 radical (unpaired) electrons. The molecule has 0 aliphatic carbocycles. The Kier molecular flexibility index (Phi) is 4.56. The van der Waals surface area contributed by atoms with Crippen molar-refractivity contribution >= 4 is 21.4 Å². The molecule has 0 fully saturated rings. The third-order valence-electron chi connectivity index (χ3n) is 3.44. The van der Waals surface area contributed by atoms with Gasteiger partial charge in [0.25, 0.3) is 0 Å². The molecule has 23 heavy (non-hydrogen) atoms. The van der Waals surface area contributed by atoms with E-state index in [2.05, 4.69) is 9.71 Å². The Hall–Kier alpha value is -2.02. The summed E-state index contributed by atoms with van der Waals surface area (Å²) < 4.78 is 27.2. The van der Waals surface area contributed by atoms with Gasteiger partial charge < -0.3 is 0 Å². The zero-order chi connectivity index (χ0) is 16.3. The molecule has 2 heterocycles. The molecule has 0 unspecified atom stereocenters. The molecule has 2 aromatic heterocycles. The largest absolute Gasteiger partial charge is 0.256 e. The van der Waals surface area contributed by atoms with Gasteiger partial charge in [0.1, 0.15) is 0 Å². The Morgan fingerprint density at radius 2 is 1.91 bits per heavy atom. The van der Waals surface area contributed by atoms with Crippen molar-refractivity contribution in [2.75, 3.05) is 0 Å². The molecule has 0 amide bonds. The number of benzene rings is 1. The van der Waals surface area contributed by atoms with Crippen molar-refractivity contribution in [3.05, 3.63) is 70.5 Å². The SMILES string of the molecule is Cc1ccc(S(=O)(=O)NCc2ccnc(-c3ccsc3)c2)cc1. The van der Waals surface area contributed by atoms with Crippen LogP contribution < -0.4 is 4.72 Å². The van der Waals surface area contributed by atoms with Crippen LogP contribution in [-0.4, -0.2) is 13.4 Å². The Morgan fingerprint density at radius 1 is 1.13 bits per heavy atom. The molecule has 0 saturated carbocycles. The molecular formula is C17H16N2O2S2. The highest BCUT2D eigenvalue weighted by atomic mass is 32.2. The molecule has 3 rings (SSSR count). The molecule has 0 atom stereocenters. The summed E-state index contributed by atoms with van der Waals surface area (Å²) in [6.07, 6.45) is 1.70. The van der Waals surface area contributed by atoms with Crippen LogP contribution in [0.2, 0.25) is 0 Å². The molecule has 0 bridgehead atoms. The normalized spacial score (nSPS) is 11.5. The third-order valence-corrected chi connectivity index (χ3v) is 5.54. The zero-order valence-corrected chi connectivity index (χ0v) is 14.2. The van der Waals surface area contributed by atoms with E-state index in [1.807, 2.05) is 35.9 Å². The van der Waals surface area contributed by atoms with Gasteiger partial charge in [-0.25, -0.2) is 13.1 Å². The zero-order valence-electron chi connectivity index (χ0n) is 12.6. The summed E-state index contributed by atoms with van der Waals surface area (Å²) in [6, 6.07) is 12.5. The number of hydrogen-bond donors (Lipinski definition) is 1. The number of hydrogen-bond acceptors (Lipinski definition) is 4. The van der Waals surface area contributed by atoms with Crippen LogP contribution in [0.1, 0.15) is 11.1 Å². The highest BCUT2D eigenvalue weighted by Crippen LogP contribution is 2.20. The van der Waals surface area contributed by atoms with E-state index in [4.69, 9.17) is 0 Å². The number of pyridine rings is 1. The smallest absolute Gasteiger partial charge is 0.240 e. The van der Waals surface area contributed by atoms with Gasteiger partial charge in [-0.2, -0.15) is 11.3 Å². The highest BCUT2D eigenvalue weighted by Gasteiger charge is 2.13. The Balaban J connectivity index is 1.75. The van der Waals surface area contributed by atoms with Crippen molar-refractivity contribution < 1.29 is 8.42 Å². The second-order valence-electron chi connectivity index (χ2n) is 5.20. The van der Waals surface area contributed by atoms with Gasteiger partial charge in [0, 0.05) is 23.7 Å². The van der Waals surface area contributed by atoms with E-state index in [1.165, 1.54) is 0 Å². The number of nitrogens with zero attached hydrogens (tertiary/aromatic N) is 1. The molecule has 3 aromatic rings. The number of aryl methyl sites for hydroxylation is 1. The number of rotatable bonds is 5. The van der Waals surface area contributed by atoms with E-state index < -0.39 is 10.0 Å². The summed E-state index contributed by atoms with van der Waals surface area (Å²) in [4.78, 5) is 4.60. The van der Waals surface area contributed by atoms with Crippen molar-refractivity contribution in [3.8, 4) is 11.3 Å². The number of sulfonamides is 1. The number of thiophene rings is 1. The minimum absolute atomic E-state index is 0.232. The van der Waals surface area contributed by atoms with Crippen molar-refractivity contribution in [1.29, 1.82) is 0 Å². The standard InChI is InChI=1S/C17H16N2O2S2/c1-13-2-4-16(5-3-13)23(20,21)19-11-14-6-8-18-17(10-14)15-7-9-22-12-15/h2-10,12,19H,11H2,1H3. The monoisotopic (exact) mass is 344 g/mol. The molecular weight excluding hydrogens is 328 g/mol. The maximum atomic E-state index is 12.3. The fourth-order valence-corrected chi connectivity index (χ4v) is 3.80. The van der Waals surface area contributed by atoms with Crippen LogP contribution in [0.5, 0.6) is 0 Å². The van der Waals surface area contributed by atoms with E-state index in [0.29, 0.717) is 0 Å². The quantitative estimate of drug-likeness (QED) is 0.769. The number of nitrogens with one attached hydrogen (secondary N) is 1. The average molecular weight is 344 g/mol. The maximum Gasteiger partial charge on any atom is 0.240 e. The van der Waals surface area contributed by atoms with E-state index >= 15 is 0 Å². The van der Waals surface area contributed by atoms with Crippen molar-refractivity contribution in [3.63, 3.8) is 0 Å². The van der Waals surface area contributed by atoms with E-state index in [-0.39, 0.29) is 11.4 Å². The van der Waals surface area contributed by atoms with Crippen LogP contribution in [0.3, 0.4) is 0 Å². The first kappa shape index (κ1) is 15.9. The van der Waals surface area contributed by atoms with Gasteiger partial charge in [0.2, 0.25) is 10.0 Å². The van der Waals surface area contributed by atoms with Gasteiger partial charge in [-0.05, 0) is 48.2 Å². The van der Waals surface area contributed by atoms with Crippen LogP contribution in [-0.2, 0) is 16.6 Å². The maximum absolute atomic E-state index is 12.3. The lowest BCUT2D eigenvalue weighted by Gasteiger charge is -2.08. The van der Waals surface area contributed by atoms with Crippen LogP contribution in [0.25, 0.3) is 11.3 Å². The van der Waals surface area contributed by atoms with Crippen molar-refractivity contribution in [2.45, 2.75) is 18.4 Å². The minimum Gasteiger partial charge on any atom is -0.256 e. The highest BCUT2D eigenvalue weighted by molar-refractivity contribution is 7.89. The van der Waals surface area contributed by atoms with Gasteiger partial charge in [0.15, 0.2) is 0 Å². The minimum atomic E-state index is -3.51. The first-order chi connectivity index (χ1) is 11.0. The predicted octanol–water partition coefficient (Wildman–Crippen LogP) is 3.60. The fourth-order valence-electron chi connectivity index (χ4n) is 2.13. The molecule has 1 N–H and O–H groups in total. The van der Waals surface area contributed by atoms with E-state index in [1.54, 1.807) is 41.8 Å². The lowest BCUT2D eigenvalue weighted by atomic mass is 10.1. The summed E-state index contributed by atoms with van der Waals surface area (Å²) in [6.45, 7) is 2.16. The lowest BCUT2D eigenvalue weighted by Crippen LogP contribution is -2.23. The Morgan fingerprint density at radius 3 is 2.61 bits per heavy atom. The second kappa shape index (κ2) is 6.62. The van der Waals surface area contributed by atoms with Crippen LogP contribution in [0.4, 0.5) is 0 Å². The Bertz CT molecular complexity index is 887. The van der Waals surface area contributed by atoms with E-state index in [0.717, 1.165) is 22.4 Å². The van der Waals surface area contributed by atoms with Crippen molar-refractivity contribution in [2.24, 2.45) is 0 Å². The van der Waals surface area contributed by atoms with Crippen LogP contribution in [0, 0.1) is 6.92 Å². The summed E-state index contributed by atoms with van der Waals surface area (Å²) in [5.74, 6) is 0. The molecule has 4 nitrogen and oxygen atoms in total. The molecule has 1 aromatic carbocycles. The van der Waals surface area contributed by atoms with Gasteiger partial charge >= 0.3 is 0 Å². The number of aromatic nitrogens is 1.